The zero-order valence-corrected chi connectivity index (χ0v) is 8.39. The zero-order chi connectivity index (χ0) is 10.6. The predicted octanol–water partition coefficient (Wildman–Crippen LogP) is 0.178. The summed E-state index contributed by atoms with van der Waals surface area (Å²) in [7, 11) is 3.88. The Balaban J connectivity index is 2.62. The lowest BCUT2D eigenvalue weighted by Gasteiger charge is -2.10. The van der Waals surface area contributed by atoms with E-state index in [2.05, 4.69) is 17.2 Å². The van der Waals surface area contributed by atoms with E-state index in [1.165, 1.54) is 0 Å². The molecular weight excluding hydrogens is 181 g/mol. The van der Waals surface area contributed by atoms with Crippen molar-refractivity contribution < 1.29 is 4.39 Å². The Labute approximate surface area is 83.5 Å². The SMILES string of the molecule is CN(C)CC#CC1=CC(N)=C(F)NC1. The molecule has 0 aromatic rings. The molecule has 4 heteroatoms. The van der Waals surface area contributed by atoms with Crippen molar-refractivity contribution >= 4 is 0 Å². The molecule has 0 unspecified atom stereocenters. The van der Waals surface area contributed by atoms with Gasteiger partial charge in [-0.25, -0.2) is 0 Å². The van der Waals surface area contributed by atoms with Crippen LogP contribution in [0.4, 0.5) is 4.39 Å². The lowest BCUT2D eigenvalue weighted by atomic mass is 10.2. The van der Waals surface area contributed by atoms with E-state index in [1.807, 2.05) is 19.0 Å². The molecule has 3 N–H and O–H groups in total. The van der Waals surface area contributed by atoms with Gasteiger partial charge in [0.15, 0.2) is 0 Å². The molecule has 0 aromatic carbocycles. The molecule has 0 radical (unpaired) electrons. The molecule has 1 aliphatic rings. The van der Waals surface area contributed by atoms with Crippen LogP contribution >= 0.6 is 0 Å². The maximum Gasteiger partial charge on any atom is 0.210 e. The van der Waals surface area contributed by atoms with Crippen LogP contribution < -0.4 is 11.1 Å². The first-order valence-electron chi connectivity index (χ1n) is 4.33. The van der Waals surface area contributed by atoms with Crippen molar-refractivity contribution in [1.29, 1.82) is 0 Å². The molecule has 0 saturated carbocycles. The number of nitrogens with zero attached hydrogens (tertiary/aromatic N) is 1. The van der Waals surface area contributed by atoms with Crippen LogP contribution in [-0.2, 0) is 0 Å². The van der Waals surface area contributed by atoms with Crippen LogP contribution in [0.5, 0.6) is 0 Å². The Morgan fingerprint density at radius 3 is 2.93 bits per heavy atom. The second kappa shape index (κ2) is 4.68. The van der Waals surface area contributed by atoms with Crippen LogP contribution in [0.1, 0.15) is 0 Å². The molecule has 1 heterocycles. The van der Waals surface area contributed by atoms with Crippen LogP contribution in [0.3, 0.4) is 0 Å². The number of halogens is 1. The van der Waals surface area contributed by atoms with Crippen LogP contribution in [0.15, 0.2) is 23.3 Å². The fourth-order valence-corrected chi connectivity index (χ4v) is 0.968. The largest absolute Gasteiger partial charge is 0.395 e. The van der Waals surface area contributed by atoms with Crippen LogP contribution in [0, 0.1) is 11.8 Å². The van der Waals surface area contributed by atoms with Crippen molar-refractivity contribution in [1.82, 2.24) is 10.2 Å². The summed E-state index contributed by atoms with van der Waals surface area (Å²) < 4.78 is 12.7. The molecule has 76 valence electrons. The van der Waals surface area contributed by atoms with Gasteiger partial charge in [-0.15, -0.1) is 0 Å². The van der Waals surface area contributed by atoms with E-state index in [1.54, 1.807) is 6.08 Å². The molecule has 0 bridgehead atoms. The maximum absolute atomic E-state index is 12.7. The summed E-state index contributed by atoms with van der Waals surface area (Å²) >= 11 is 0. The average molecular weight is 195 g/mol. The monoisotopic (exact) mass is 195 g/mol. The van der Waals surface area contributed by atoms with Gasteiger partial charge in [0.1, 0.15) is 0 Å². The van der Waals surface area contributed by atoms with Gasteiger partial charge in [-0.3, -0.25) is 4.90 Å². The molecule has 14 heavy (non-hydrogen) atoms. The molecule has 0 spiro atoms. The Morgan fingerprint density at radius 1 is 1.64 bits per heavy atom. The van der Waals surface area contributed by atoms with Crippen LogP contribution in [0.25, 0.3) is 0 Å². The number of rotatable bonds is 1. The highest BCUT2D eigenvalue weighted by Gasteiger charge is 2.07. The standard InChI is InChI=1S/C10H14FN3/c1-14(2)5-3-4-8-6-9(12)10(11)13-7-8/h6,13H,5,7,12H2,1-2H3. The highest BCUT2D eigenvalue weighted by Crippen LogP contribution is 2.07. The second-order valence-corrected chi connectivity index (χ2v) is 3.33. The number of hydrogen-bond donors (Lipinski definition) is 2. The minimum Gasteiger partial charge on any atom is -0.395 e. The first-order valence-corrected chi connectivity index (χ1v) is 4.33. The van der Waals surface area contributed by atoms with Crippen LogP contribution in [-0.4, -0.2) is 32.1 Å². The van der Waals surface area contributed by atoms with E-state index in [4.69, 9.17) is 5.73 Å². The third-order valence-corrected chi connectivity index (χ3v) is 1.66. The zero-order valence-electron chi connectivity index (χ0n) is 8.39. The smallest absolute Gasteiger partial charge is 0.210 e. The van der Waals surface area contributed by atoms with Crippen molar-refractivity contribution in [3.63, 3.8) is 0 Å². The first kappa shape index (κ1) is 10.6. The summed E-state index contributed by atoms with van der Waals surface area (Å²) in [5.41, 5.74) is 6.31. The van der Waals surface area contributed by atoms with Gasteiger partial charge in [0.05, 0.1) is 18.8 Å². The van der Waals surface area contributed by atoms with Gasteiger partial charge in [-0.1, -0.05) is 11.8 Å². The Kier molecular flexibility index (Phi) is 3.55. The number of nitrogens with one attached hydrogen (secondary N) is 1. The maximum atomic E-state index is 12.7. The Hall–Kier alpha value is -1.47. The number of nitrogens with two attached hydrogens (primary N) is 1. The number of dihydropyridines is 1. The van der Waals surface area contributed by atoms with Crippen molar-refractivity contribution in [3.05, 3.63) is 23.3 Å². The molecule has 0 fully saturated rings. The van der Waals surface area contributed by atoms with E-state index in [0.717, 1.165) is 5.57 Å². The van der Waals surface area contributed by atoms with Crippen molar-refractivity contribution in [2.75, 3.05) is 27.2 Å². The minimum atomic E-state index is -0.469. The molecule has 0 saturated heterocycles. The second-order valence-electron chi connectivity index (χ2n) is 3.33. The summed E-state index contributed by atoms with van der Waals surface area (Å²) in [4.78, 5) is 1.96. The minimum absolute atomic E-state index is 0.116. The fourth-order valence-electron chi connectivity index (χ4n) is 0.968. The quantitative estimate of drug-likeness (QED) is 0.463. The molecule has 1 aliphatic heterocycles. The summed E-state index contributed by atoms with van der Waals surface area (Å²) in [5, 5.41) is 2.52. The molecular formula is C10H14FN3. The molecule has 0 aromatic heterocycles. The predicted molar refractivity (Wildman–Crippen MR) is 54.7 cm³/mol. The first-order chi connectivity index (χ1) is 6.59. The normalized spacial score (nSPS) is 15.9. The van der Waals surface area contributed by atoms with Gasteiger partial charge in [-0.2, -0.15) is 4.39 Å². The summed E-state index contributed by atoms with van der Waals surface area (Å²) in [6.45, 7) is 1.09. The third-order valence-electron chi connectivity index (χ3n) is 1.66. The van der Waals surface area contributed by atoms with Gasteiger partial charge < -0.3 is 11.1 Å². The highest BCUT2D eigenvalue weighted by atomic mass is 19.1. The molecule has 3 nitrogen and oxygen atoms in total. The number of hydrogen-bond acceptors (Lipinski definition) is 3. The Bertz CT molecular complexity index is 331. The topological polar surface area (TPSA) is 41.3 Å². The van der Waals surface area contributed by atoms with E-state index >= 15 is 0 Å². The van der Waals surface area contributed by atoms with Crippen molar-refractivity contribution in [2.45, 2.75) is 0 Å². The molecule has 0 atom stereocenters. The average Bonchev–Trinajstić information content (AvgIpc) is 2.10. The van der Waals surface area contributed by atoms with E-state index in [-0.39, 0.29) is 5.70 Å². The molecule has 0 amide bonds. The lowest BCUT2D eigenvalue weighted by molar-refractivity contribution is 0.464. The van der Waals surface area contributed by atoms with E-state index < -0.39 is 5.95 Å². The third kappa shape index (κ3) is 3.11. The Morgan fingerprint density at radius 2 is 2.36 bits per heavy atom. The van der Waals surface area contributed by atoms with Crippen molar-refractivity contribution in [3.8, 4) is 11.8 Å². The summed E-state index contributed by atoms with van der Waals surface area (Å²) in [6, 6.07) is 0. The van der Waals surface area contributed by atoms with Crippen molar-refractivity contribution in [2.24, 2.45) is 5.73 Å². The van der Waals surface area contributed by atoms with Gasteiger partial charge in [-0.05, 0) is 20.2 Å². The number of allylic oxidation sites excluding steroid dienone is 1. The van der Waals surface area contributed by atoms with Crippen LogP contribution in [0.2, 0.25) is 0 Å². The van der Waals surface area contributed by atoms with E-state index in [0.29, 0.717) is 13.1 Å². The highest BCUT2D eigenvalue weighted by molar-refractivity contribution is 5.39. The molecule has 1 rings (SSSR count). The van der Waals surface area contributed by atoms with E-state index in [9.17, 15) is 4.39 Å². The lowest BCUT2D eigenvalue weighted by Crippen LogP contribution is -2.22. The van der Waals surface area contributed by atoms with Gasteiger partial charge >= 0.3 is 0 Å². The summed E-state index contributed by atoms with van der Waals surface area (Å²) in [5.74, 6) is 5.42. The van der Waals surface area contributed by atoms with Gasteiger partial charge in [0, 0.05) is 5.57 Å². The molecule has 0 aliphatic carbocycles. The fraction of sp³-hybridized carbons (Fsp3) is 0.400. The van der Waals surface area contributed by atoms with Gasteiger partial charge in [0.25, 0.3) is 0 Å². The van der Waals surface area contributed by atoms with Gasteiger partial charge in [0.2, 0.25) is 5.95 Å². The summed E-state index contributed by atoms with van der Waals surface area (Å²) in [6.07, 6.45) is 1.56.